The first kappa shape index (κ1) is 12.1. The van der Waals surface area contributed by atoms with Crippen LogP contribution in [0, 0.1) is 0 Å². The van der Waals surface area contributed by atoms with Gasteiger partial charge in [-0.2, -0.15) is 0 Å². The van der Waals surface area contributed by atoms with Gasteiger partial charge in [-0.25, -0.2) is 0 Å². The second kappa shape index (κ2) is 5.17. The predicted molar refractivity (Wildman–Crippen MR) is 67.2 cm³/mol. The normalized spacial score (nSPS) is 14.7. The fourth-order valence-electron chi connectivity index (χ4n) is 1.71. The van der Waals surface area contributed by atoms with Gasteiger partial charge in [-0.1, -0.05) is 25.1 Å². The quantitative estimate of drug-likeness (QED) is 0.820. The summed E-state index contributed by atoms with van der Waals surface area (Å²) in [5, 5.41) is 0. The Morgan fingerprint density at radius 3 is 2.40 bits per heavy atom. The van der Waals surface area contributed by atoms with Crippen molar-refractivity contribution < 1.29 is 0 Å². The number of benzene rings is 1. The lowest BCUT2D eigenvalue weighted by Gasteiger charge is -2.29. The third-order valence-corrected chi connectivity index (χ3v) is 3.06. The van der Waals surface area contributed by atoms with Gasteiger partial charge in [-0.05, 0) is 31.9 Å². The van der Waals surface area contributed by atoms with Gasteiger partial charge in [0.25, 0.3) is 0 Å². The monoisotopic (exact) mass is 206 g/mol. The standard InChI is InChI=1S/C13H22N2/c1-5-10(2)15(4)13-9-7-6-8-12(13)11(3)14/h6-11H,5,14H2,1-4H3/t10?,11-/m0/s1. The van der Waals surface area contributed by atoms with Gasteiger partial charge in [0.15, 0.2) is 0 Å². The third-order valence-electron chi connectivity index (χ3n) is 3.06. The molecule has 84 valence electrons. The van der Waals surface area contributed by atoms with Gasteiger partial charge in [0.1, 0.15) is 0 Å². The number of rotatable bonds is 4. The van der Waals surface area contributed by atoms with E-state index in [9.17, 15) is 0 Å². The number of hydrogen-bond donors (Lipinski definition) is 1. The molecule has 0 spiro atoms. The molecule has 2 heteroatoms. The molecule has 0 bridgehead atoms. The topological polar surface area (TPSA) is 29.3 Å². The van der Waals surface area contributed by atoms with E-state index in [1.165, 1.54) is 11.3 Å². The van der Waals surface area contributed by atoms with Crippen LogP contribution >= 0.6 is 0 Å². The number of hydrogen-bond acceptors (Lipinski definition) is 2. The fourth-order valence-corrected chi connectivity index (χ4v) is 1.71. The maximum atomic E-state index is 5.97. The highest BCUT2D eigenvalue weighted by molar-refractivity contribution is 5.54. The largest absolute Gasteiger partial charge is 0.372 e. The fraction of sp³-hybridized carbons (Fsp3) is 0.538. The van der Waals surface area contributed by atoms with E-state index in [1.54, 1.807) is 0 Å². The number of anilines is 1. The molecule has 0 aliphatic carbocycles. The van der Waals surface area contributed by atoms with Gasteiger partial charge < -0.3 is 10.6 Å². The smallest absolute Gasteiger partial charge is 0.0414 e. The Kier molecular flexibility index (Phi) is 4.15. The molecular weight excluding hydrogens is 184 g/mol. The maximum absolute atomic E-state index is 5.97. The number of nitrogens with two attached hydrogens (primary N) is 1. The molecule has 0 saturated carbocycles. The lowest BCUT2D eigenvalue weighted by molar-refractivity contribution is 0.657. The minimum absolute atomic E-state index is 0.0905. The highest BCUT2D eigenvalue weighted by Crippen LogP contribution is 2.25. The molecular formula is C13H22N2. The second-order valence-corrected chi connectivity index (χ2v) is 4.22. The van der Waals surface area contributed by atoms with Gasteiger partial charge in [-0.3, -0.25) is 0 Å². The van der Waals surface area contributed by atoms with E-state index in [4.69, 9.17) is 5.73 Å². The zero-order valence-corrected chi connectivity index (χ0v) is 10.2. The molecule has 0 amide bonds. The molecule has 0 aromatic heterocycles. The molecule has 1 unspecified atom stereocenters. The summed E-state index contributed by atoms with van der Waals surface area (Å²) in [5.41, 5.74) is 8.44. The summed E-state index contributed by atoms with van der Waals surface area (Å²) in [4.78, 5) is 2.30. The molecule has 2 nitrogen and oxygen atoms in total. The number of para-hydroxylation sites is 1. The molecule has 0 radical (unpaired) electrons. The number of nitrogens with zero attached hydrogens (tertiary/aromatic N) is 1. The van der Waals surface area contributed by atoms with E-state index in [2.05, 4.69) is 44.0 Å². The molecule has 2 atom stereocenters. The summed E-state index contributed by atoms with van der Waals surface area (Å²) in [6, 6.07) is 9.01. The summed E-state index contributed by atoms with van der Waals surface area (Å²) in [6.07, 6.45) is 1.14. The van der Waals surface area contributed by atoms with Crippen molar-refractivity contribution >= 4 is 5.69 Å². The van der Waals surface area contributed by atoms with Crippen molar-refractivity contribution in [3.8, 4) is 0 Å². The van der Waals surface area contributed by atoms with E-state index >= 15 is 0 Å². The lowest BCUT2D eigenvalue weighted by Crippen LogP contribution is -2.29. The molecule has 15 heavy (non-hydrogen) atoms. The Morgan fingerprint density at radius 1 is 1.27 bits per heavy atom. The Bertz CT molecular complexity index is 307. The first-order chi connectivity index (χ1) is 7.07. The van der Waals surface area contributed by atoms with E-state index in [0.29, 0.717) is 6.04 Å². The van der Waals surface area contributed by atoms with Crippen LogP contribution in [0.5, 0.6) is 0 Å². The zero-order valence-electron chi connectivity index (χ0n) is 10.2. The molecule has 0 aliphatic heterocycles. The van der Waals surface area contributed by atoms with Gasteiger partial charge in [-0.15, -0.1) is 0 Å². The van der Waals surface area contributed by atoms with E-state index < -0.39 is 0 Å². The molecule has 0 heterocycles. The molecule has 2 N–H and O–H groups in total. The van der Waals surface area contributed by atoms with Crippen LogP contribution in [0.25, 0.3) is 0 Å². The Hall–Kier alpha value is -1.02. The van der Waals surface area contributed by atoms with Gasteiger partial charge in [0, 0.05) is 24.8 Å². The van der Waals surface area contributed by atoms with E-state index in [-0.39, 0.29) is 6.04 Å². The van der Waals surface area contributed by atoms with Crippen LogP contribution in [0.4, 0.5) is 5.69 Å². The zero-order chi connectivity index (χ0) is 11.4. The highest BCUT2D eigenvalue weighted by Gasteiger charge is 2.13. The first-order valence-corrected chi connectivity index (χ1v) is 5.65. The molecule has 1 aromatic carbocycles. The summed E-state index contributed by atoms with van der Waals surface area (Å²) >= 11 is 0. The van der Waals surface area contributed by atoms with E-state index in [1.807, 2.05) is 13.0 Å². The minimum Gasteiger partial charge on any atom is -0.372 e. The third kappa shape index (κ3) is 2.72. The first-order valence-electron chi connectivity index (χ1n) is 5.65. The van der Waals surface area contributed by atoms with E-state index in [0.717, 1.165) is 6.42 Å². The van der Waals surface area contributed by atoms with Crippen molar-refractivity contribution in [2.24, 2.45) is 5.73 Å². The van der Waals surface area contributed by atoms with Crippen LogP contribution in [-0.4, -0.2) is 13.1 Å². The predicted octanol–water partition coefficient (Wildman–Crippen LogP) is 2.94. The summed E-state index contributed by atoms with van der Waals surface area (Å²) in [7, 11) is 2.13. The van der Waals surface area contributed by atoms with Gasteiger partial charge in [0.05, 0.1) is 0 Å². The SMILES string of the molecule is CCC(C)N(C)c1ccccc1[C@H](C)N. The average Bonchev–Trinajstić information content (AvgIpc) is 2.27. The van der Waals surface area contributed by atoms with Crippen molar-refractivity contribution in [3.63, 3.8) is 0 Å². The molecule has 0 saturated heterocycles. The van der Waals surface area contributed by atoms with Crippen molar-refractivity contribution in [2.45, 2.75) is 39.3 Å². The van der Waals surface area contributed by atoms with Crippen LogP contribution < -0.4 is 10.6 Å². The van der Waals surface area contributed by atoms with Crippen molar-refractivity contribution in [1.82, 2.24) is 0 Å². The molecule has 1 aromatic rings. The molecule has 0 aliphatic rings. The highest BCUT2D eigenvalue weighted by atomic mass is 15.1. The summed E-state index contributed by atoms with van der Waals surface area (Å²) in [5.74, 6) is 0. The molecule has 0 fully saturated rings. The van der Waals surface area contributed by atoms with Crippen LogP contribution in [0.2, 0.25) is 0 Å². The van der Waals surface area contributed by atoms with Crippen LogP contribution in [-0.2, 0) is 0 Å². The Balaban J connectivity index is 3.02. The maximum Gasteiger partial charge on any atom is 0.0414 e. The van der Waals surface area contributed by atoms with Crippen molar-refractivity contribution in [3.05, 3.63) is 29.8 Å². The van der Waals surface area contributed by atoms with Gasteiger partial charge >= 0.3 is 0 Å². The van der Waals surface area contributed by atoms with Gasteiger partial charge in [0.2, 0.25) is 0 Å². The van der Waals surface area contributed by atoms with Crippen LogP contribution in [0.1, 0.15) is 38.8 Å². The summed E-state index contributed by atoms with van der Waals surface area (Å²) < 4.78 is 0. The van der Waals surface area contributed by atoms with Crippen molar-refractivity contribution in [1.29, 1.82) is 0 Å². The van der Waals surface area contributed by atoms with Crippen LogP contribution in [0.3, 0.4) is 0 Å². The molecule has 1 rings (SSSR count). The summed E-state index contributed by atoms with van der Waals surface area (Å²) in [6.45, 7) is 6.47. The average molecular weight is 206 g/mol. The van der Waals surface area contributed by atoms with Crippen molar-refractivity contribution in [2.75, 3.05) is 11.9 Å². The Morgan fingerprint density at radius 2 is 1.87 bits per heavy atom. The Labute approximate surface area is 93.1 Å². The second-order valence-electron chi connectivity index (χ2n) is 4.22. The minimum atomic E-state index is 0.0905. The van der Waals surface area contributed by atoms with Crippen LogP contribution in [0.15, 0.2) is 24.3 Å². The lowest BCUT2D eigenvalue weighted by atomic mass is 10.0.